The molecule has 0 saturated heterocycles. The number of carbonyl (C=O) groups is 2. The number of hydrogen-bond donors (Lipinski definition) is 2. The molecule has 2 N–H and O–H groups in total. The molecule has 0 spiro atoms. The summed E-state index contributed by atoms with van der Waals surface area (Å²) in [4.78, 5) is 24.6. The monoisotopic (exact) mass is 442 g/mol. The van der Waals surface area contributed by atoms with Gasteiger partial charge in [-0.15, -0.1) is 0 Å². The molecule has 0 heterocycles. The summed E-state index contributed by atoms with van der Waals surface area (Å²) in [5.41, 5.74) is 4.78. The van der Waals surface area contributed by atoms with Gasteiger partial charge in [0.05, 0.1) is 26.4 Å². The van der Waals surface area contributed by atoms with E-state index in [2.05, 4.69) is 10.9 Å². The van der Waals surface area contributed by atoms with Crippen LogP contribution in [0.15, 0.2) is 30.3 Å². The van der Waals surface area contributed by atoms with Gasteiger partial charge in [0.25, 0.3) is 11.8 Å². The molecule has 2 aromatic carbocycles. The van der Waals surface area contributed by atoms with E-state index in [0.29, 0.717) is 22.3 Å². The lowest BCUT2D eigenvalue weighted by Gasteiger charge is -2.17. The van der Waals surface area contributed by atoms with Gasteiger partial charge in [-0.05, 0) is 37.3 Å². The van der Waals surface area contributed by atoms with Gasteiger partial charge in [0.2, 0.25) is 5.75 Å². The maximum Gasteiger partial charge on any atom is 0.279 e. The largest absolute Gasteiger partial charge is 0.493 e. The smallest absolute Gasteiger partial charge is 0.279 e. The molecular weight excluding hydrogens is 423 g/mol. The van der Waals surface area contributed by atoms with Crippen molar-refractivity contribution in [2.75, 3.05) is 21.3 Å². The Morgan fingerprint density at radius 2 is 1.52 bits per heavy atom. The first-order valence-electron chi connectivity index (χ1n) is 8.32. The molecule has 0 aliphatic heterocycles. The van der Waals surface area contributed by atoms with Crippen LogP contribution >= 0.6 is 23.2 Å². The molecule has 0 fully saturated rings. The van der Waals surface area contributed by atoms with E-state index in [-0.39, 0.29) is 16.3 Å². The summed E-state index contributed by atoms with van der Waals surface area (Å²) >= 11 is 11.9. The zero-order valence-electron chi connectivity index (χ0n) is 16.2. The third-order valence-corrected chi connectivity index (χ3v) is 4.32. The van der Waals surface area contributed by atoms with Crippen molar-refractivity contribution in [3.05, 3.63) is 45.9 Å². The van der Waals surface area contributed by atoms with Crippen molar-refractivity contribution in [2.24, 2.45) is 0 Å². The van der Waals surface area contributed by atoms with E-state index in [1.165, 1.54) is 46.5 Å². The van der Waals surface area contributed by atoms with Gasteiger partial charge in [0, 0.05) is 10.6 Å². The van der Waals surface area contributed by atoms with Crippen LogP contribution in [0.1, 0.15) is 17.3 Å². The van der Waals surface area contributed by atoms with Crippen LogP contribution in [0.3, 0.4) is 0 Å². The van der Waals surface area contributed by atoms with Gasteiger partial charge in [-0.1, -0.05) is 23.2 Å². The summed E-state index contributed by atoms with van der Waals surface area (Å²) in [6, 6.07) is 7.53. The van der Waals surface area contributed by atoms with Crippen LogP contribution in [-0.4, -0.2) is 39.2 Å². The van der Waals surface area contributed by atoms with Crippen LogP contribution < -0.4 is 29.8 Å². The molecule has 10 heteroatoms. The predicted molar refractivity (Wildman–Crippen MR) is 108 cm³/mol. The maximum atomic E-state index is 12.4. The SMILES string of the molecule is COc1cc(C(=O)NNC(=O)[C@@H](C)Oc2ccc(Cl)cc2Cl)cc(OC)c1OC. The fourth-order valence-electron chi connectivity index (χ4n) is 2.32. The van der Waals surface area contributed by atoms with Crippen molar-refractivity contribution < 1.29 is 28.5 Å². The fraction of sp³-hybridized carbons (Fsp3) is 0.263. The van der Waals surface area contributed by atoms with Gasteiger partial charge < -0.3 is 18.9 Å². The zero-order chi connectivity index (χ0) is 21.6. The summed E-state index contributed by atoms with van der Waals surface area (Å²) in [7, 11) is 4.32. The predicted octanol–water partition coefficient (Wildman–Crippen LogP) is 3.25. The minimum absolute atomic E-state index is 0.189. The topological polar surface area (TPSA) is 95.1 Å². The highest BCUT2D eigenvalue weighted by molar-refractivity contribution is 6.35. The third kappa shape index (κ3) is 5.58. The van der Waals surface area contributed by atoms with E-state index in [1.807, 2.05) is 0 Å². The Hall–Kier alpha value is -2.84. The third-order valence-electron chi connectivity index (χ3n) is 3.79. The second-order valence-corrected chi connectivity index (χ2v) is 6.54. The fourth-order valence-corrected chi connectivity index (χ4v) is 2.77. The lowest BCUT2D eigenvalue weighted by molar-refractivity contribution is -0.128. The molecule has 8 nitrogen and oxygen atoms in total. The molecule has 156 valence electrons. The van der Waals surface area contributed by atoms with Crippen molar-refractivity contribution in [1.29, 1.82) is 0 Å². The van der Waals surface area contributed by atoms with Gasteiger partial charge in [0.15, 0.2) is 17.6 Å². The summed E-state index contributed by atoms with van der Waals surface area (Å²) in [5, 5.41) is 0.704. The number of methoxy groups -OCH3 is 3. The van der Waals surface area contributed by atoms with Crippen molar-refractivity contribution in [3.8, 4) is 23.0 Å². The zero-order valence-corrected chi connectivity index (χ0v) is 17.7. The number of rotatable bonds is 7. The van der Waals surface area contributed by atoms with E-state index in [0.717, 1.165) is 0 Å². The molecule has 0 aromatic heterocycles. The quantitative estimate of drug-likeness (QED) is 0.639. The lowest BCUT2D eigenvalue weighted by atomic mass is 10.1. The van der Waals surface area contributed by atoms with Gasteiger partial charge in [-0.2, -0.15) is 0 Å². The van der Waals surface area contributed by atoms with E-state index < -0.39 is 17.9 Å². The molecule has 0 aliphatic carbocycles. The Balaban J connectivity index is 2.03. The Labute approximate surface area is 177 Å². The van der Waals surface area contributed by atoms with Gasteiger partial charge in [-0.3, -0.25) is 20.4 Å². The molecule has 0 aliphatic rings. The Bertz CT molecular complexity index is 881. The van der Waals surface area contributed by atoms with E-state index in [9.17, 15) is 9.59 Å². The van der Waals surface area contributed by atoms with Gasteiger partial charge in [0.1, 0.15) is 5.75 Å². The van der Waals surface area contributed by atoms with Crippen LogP contribution in [0.4, 0.5) is 0 Å². The Kier molecular flexibility index (Phi) is 7.81. The Morgan fingerprint density at radius 1 is 0.897 bits per heavy atom. The number of amides is 2. The number of halogens is 2. The van der Waals surface area contributed by atoms with Crippen LogP contribution in [0, 0.1) is 0 Å². The minimum atomic E-state index is -0.936. The average Bonchev–Trinajstić information content (AvgIpc) is 2.72. The van der Waals surface area contributed by atoms with Crippen LogP contribution in [0.5, 0.6) is 23.0 Å². The number of carbonyl (C=O) groups excluding carboxylic acids is 2. The van der Waals surface area contributed by atoms with E-state index >= 15 is 0 Å². The summed E-state index contributed by atoms with van der Waals surface area (Å²) in [6.07, 6.45) is -0.936. The highest BCUT2D eigenvalue weighted by Gasteiger charge is 2.20. The van der Waals surface area contributed by atoms with Gasteiger partial charge >= 0.3 is 0 Å². The second kappa shape index (κ2) is 10.1. The van der Waals surface area contributed by atoms with Gasteiger partial charge in [-0.25, -0.2) is 0 Å². The molecule has 0 bridgehead atoms. The first-order chi connectivity index (χ1) is 13.8. The highest BCUT2D eigenvalue weighted by Crippen LogP contribution is 2.38. The molecule has 0 saturated carbocycles. The number of benzene rings is 2. The van der Waals surface area contributed by atoms with Crippen LogP contribution in [0.25, 0.3) is 0 Å². The van der Waals surface area contributed by atoms with Crippen LogP contribution in [0.2, 0.25) is 10.0 Å². The van der Waals surface area contributed by atoms with Crippen LogP contribution in [-0.2, 0) is 4.79 Å². The van der Waals surface area contributed by atoms with E-state index in [1.54, 1.807) is 12.1 Å². The molecule has 2 aromatic rings. The molecule has 29 heavy (non-hydrogen) atoms. The molecule has 0 radical (unpaired) electrons. The molecule has 1 atom stereocenters. The molecular formula is C19H20Cl2N2O6. The first-order valence-corrected chi connectivity index (χ1v) is 9.08. The standard InChI is InChI=1S/C19H20Cl2N2O6/c1-10(29-14-6-5-12(20)9-13(14)21)18(24)22-23-19(25)11-7-15(26-2)17(28-4)16(8-11)27-3/h5-10H,1-4H3,(H,22,24)(H,23,25)/t10-/m1/s1. The molecule has 0 unspecified atom stereocenters. The first kappa shape index (κ1) is 22.4. The Morgan fingerprint density at radius 3 is 2.03 bits per heavy atom. The maximum absolute atomic E-state index is 12.4. The molecule has 2 rings (SSSR count). The number of hydrogen-bond acceptors (Lipinski definition) is 6. The summed E-state index contributed by atoms with van der Waals surface area (Å²) < 4.78 is 21.1. The van der Waals surface area contributed by atoms with Crippen molar-refractivity contribution in [1.82, 2.24) is 10.9 Å². The number of ether oxygens (including phenoxy) is 4. The van der Waals surface area contributed by atoms with Crippen molar-refractivity contribution >= 4 is 35.0 Å². The molecule has 2 amide bonds. The average molecular weight is 443 g/mol. The van der Waals surface area contributed by atoms with Crippen molar-refractivity contribution in [2.45, 2.75) is 13.0 Å². The summed E-state index contributed by atoms with van der Waals surface area (Å²) in [5.74, 6) is 0.0630. The number of hydrazine groups is 1. The number of nitrogens with one attached hydrogen (secondary N) is 2. The second-order valence-electron chi connectivity index (χ2n) is 5.69. The normalized spacial score (nSPS) is 11.2. The van der Waals surface area contributed by atoms with Crippen molar-refractivity contribution in [3.63, 3.8) is 0 Å². The van der Waals surface area contributed by atoms with E-state index in [4.69, 9.17) is 42.1 Å². The lowest BCUT2D eigenvalue weighted by Crippen LogP contribution is -2.47. The summed E-state index contributed by atoms with van der Waals surface area (Å²) in [6.45, 7) is 1.51. The minimum Gasteiger partial charge on any atom is -0.493 e. The highest BCUT2D eigenvalue weighted by atomic mass is 35.5.